The first-order chi connectivity index (χ1) is 8.46. The Morgan fingerprint density at radius 2 is 2.11 bits per heavy atom. The van der Waals surface area contributed by atoms with Gasteiger partial charge in [-0.2, -0.15) is 0 Å². The smallest absolute Gasteiger partial charge is 0.269 e. The molecule has 0 bridgehead atoms. The van der Waals surface area contributed by atoms with E-state index in [1.165, 1.54) is 0 Å². The van der Waals surface area contributed by atoms with Crippen molar-refractivity contribution in [2.45, 2.75) is 31.8 Å². The van der Waals surface area contributed by atoms with Crippen molar-refractivity contribution < 1.29 is 9.66 Å². The molecule has 5 heteroatoms. The molecule has 0 aliphatic carbocycles. The number of nitrogens with zero attached hydrogens (tertiary/aromatic N) is 1. The third-order valence-corrected chi connectivity index (χ3v) is 3.01. The highest BCUT2D eigenvalue weighted by atomic mass is 16.6. The molecule has 1 atom stereocenters. The second kappa shape index (κ2) is 5.04. The molecule has 0 aromatic heterocycles. The molecule has 5 nitrogen and oxygen atoms in total. The molecule has 1 fully saturated rings. The predicted molar refractivity (Wildman–Crippen MR) is 68.6 cm³/mol. The maximum atomic E-state index is 10.6. The highest BCUT2D eigenvalue weighted by Gasteiger charge is 2.27. The molecule has 1 aliphatic heterocycles. The largest absolute Gasteiger partial charge is 0.378 e. The Kier molecular flexibility index (Phi) is 3.63. The average Bonchev–Trinajstić information content (AvgIpc) is 2.28. The van der Waals surface area contributed by atoms with E-state index in [0.29, 0.717) is 13.2 Å². The van der Waals surface area contributed by atoms with Gasteiger partial charge in [-0.3, -0.25) is 10.1 Å². The van der Waals surface area contributed by atoms with Crippen molar-refractivity contribution in [2.75, 3.05) is 13.2 Å². The summed E-state index contributed by atoms with van der Waals surface area (Å²) in [6.07, 6.45) is 0.821. The minimum absolute atomic E-state index is 0.0102. The van der Waals surface area contributed by atoms with Crippen molar-refractivity contribution in [3.63, 3.8) is 0 Å². The van der Waals surface area contributed by atoms with Gasteiger partial charge in [-0.05, 0) is 25.8 Å². The fourth-order valence-corrected chi connectivity index (χ4v) is 2.24. The molecule has 1 aromatic carbocycles. The van der Waals surface area contributed by atoms with Crippen LogP contribution in [0.4, 0.5) is 5.69 Å². The molecule has 1 unspecified atom stereocenters. The van der Waals surface area contributed by atoms with Gasteiger partial charge in [0, 0.05) is 23.7 Å². The minimum atomic E-state index is -0.380. The van der Waals surface area contributed by atoms with Gasteiger partial charge in [0.1, 0.15) is 0 Å². The van der Waals surface area contributed by atoms with E-state index in [-0.39, 0.29) is 22.2 Å². The first-order valence-corrected chi connectivity index (χ1v) is 6.05. The highest BCUT2D eigenvalue weighted by Crippen LogP contribution is 2.16. The van der Waals surface area contributed by atoms with E-state index in [0.717, 1.165) is 12.0 Å². The molecule has 18 heavy (non-hydrogen) atoms. The number of non-ortho nitro benzene ring substituents is 1. The molecule has 0 radical (unpaired) electrons. The summed E-state index contributed by atoms with van der Waals surface area (Å²) in [4.78, 5) is 10.2. The summed E-state index contributed by atoms with van der Waals surface area (Å²) >= 11 is 0. The van der Waals surface area contributed by atoms with Gasteiger partial charge in [0.25, 0.3) is 5.69 Å². The maximum absolute atomic E-state index is 10.6. The van der Waals surface area contributed by atoms with Crippen LogP contribution in [0.1, 0.15) is 19.4 Å². The van der Waals surface area contributed by atoms with E-state index in [1.54, 1.807) is 24.3 Å². The van der Waals surface area contributed by atoms with Crippen LogP contribution in [0.15, 0.2) is 24.3 Å². The first kappa shape index (κ1) is 13.0. The fraction of sp³-hybridized carbons (Fsp3) is 0.538. The van der Waals surface area contributed by atoms with Crippen LogP contribution in [0.25, 0.3) is 0 Å². The van der Waals surface area contributed by atoms with Crippen LogP contribution in [0.2, 0.25) is 0 Å². The van der Waals surface area contributed by atoms with E-state index in [9.17, 15) is 10.1 Å². The Bertz CT molecular complexity index is 428. The molecular formula is C13H18N2O3. The third kappa shape index (κ3) is 3.27. The van der Waals surface area contributed by atoms with Crippen molar-refractivity contribution in [1.29, 1.82) is 0 Å². The van der Waals surface area contributed by atoms with Gasteiger partial charge >= 0.3 is 0 Å². The Hall–Kier alpha value is -1.46. The van der Waals surface area contributed by atoms with Crippen molar-refractivity contribution in [1.82, 2.24) is 5.32 Å². The van der Waals surface area contributed by atoms with Gasteiger partial charge in [0.2, 0.25) is 0 Å². The Morgan fingerprint density at radius 3 is 2.67 bits per heavy atom. The standard InChI is InChI=1S/C13H18N2O3/c1-13(2)9-18-8-11(14-13)7-10-3-5-12(6-4-10)15(16)17/h3-6,11,14H,7-9H2,1-2H3. The maximum Gasteiger partial charge on any atom is 0.269 e. The van der Waals surface area contributed by atoms with E-state index >= 15 is 0 Å². The summed E-state index contributed by atoms with van der Waals surface area (Å²) in [5.41, 5.74) is 1.20. The summed E-state index contributed by atoms with van der Waals surface area (Å²) in [7, 11) is 0. The van der Waals surface area contributed by atoms with Crippen molar-refractivity contribution in [2.24, 2.45) is 0 Å². The fourth-order valence-electron chi connectivity index (χ4n) is 2.24. The third-order valence-electron chi connectivity index (χ3n) is 3.01. The van der Waals surface area contributed by atoms with E-state index < -0.39 is 0 Å². The molecule has 1 heterocycles. The number of nitro benzene ring substituents is 1. The zero-order chi connectivity index (χ0) is 13.2. The summed E-state index contributed by atoms with van der Waals surface area (Å²) in [6, 6.07) is 6.96. The number of hydrogen-bond acceptors (Lipinski definition) is 4. The Morgan fingerprint density at radius 1 is 1.44 bits per heavy atom. The quantitative estimate of drug-likeness (QED) is 0.657. The van der Waals surface area contributed by atoms with Crippen LogP contribution in [0.3, 0.4) is 0 Å². The van der Waals surface area contributed by atoms with Crippen LogP contribution in [-0.4, -0.2) is 29.7 Å². The number of nitrogens with one attached hydrogen (secondary N) is 1. The molecule has 0 spiro atoms. The summed E-state index contributed by atoms with van der Waals surface area (Å²) < 4.78 is 5.56. The van der Waals surface area contributed by atoms with Crippen LogP contribution in [-0.2, 0) is 11.2 Å². The van der Waals surface area contributed by atoms with Gasteiger partial charge in [0.15, 0.2) is 0 Å². The Balaban J connectivity index is 1.99. The average molecular weight is 250 g/mol. The second-order valence-corrected chi connectivity index (χ2v) is 5.37. The molecule has 98 valence electrons. The zero-order valence-corrected chi connectivity index (χ0v) is 10.7. The molecule has 0 saturated carbocycles. The lowest BCUT2D eigenvalue weighted by molar-refractivity contribution is -0.384. The van der Waals surface area contributed by atoms with Crippen LogP contribution in [0.5, 0.6) is 0 Å². The van der Waals surface area contributed by atoms with Crippen molar-refractivity contribution in [3.05, 3.63) is 39.9 Å². The van der Waals surface area contributed by atoms with Crippen molar-refractivity contribution in [3.8, 4) is 0 Å². The minimum Gasteiger partial charge on any atom is -0.378 e. The summed E-state index contributed by atoms with van der Waals surface area (Å²) in [6.45, 7) is 5.61. The highest BCUT2D eigenvalue weighted by molar-refractivity contribution is 5.33. The molecule has 1 aromatic rings. The predicted octanol–water partition coefficient (Wildman–Crippen LogP) is 1.90. The topological polar surface area (TPSA) is 64.4 Å². The molecule has 1 aliphatic rings. The van der Waals surface area contributed by atoms with Gasteiger partial charge in [-0.15, -0.1) is 0 Å². The second-order valence-electron chi connectivity index (χ2n) is 5.37. The number of hydrogen-bond donors (Lipinski definition) is 1. The SMILES string of the molecule is CC1(C)COCC(Cc2ccc([N+](=O)[O-])cc2)N1. The number of ether oxygens (including phenoxy) is 1. The van der Waals surface area contributed by atoms with E-state index in [4.69, 9.17) is 4.74 Å². The lowest BCUT2D eigenvalue weighted by Crippen LogP contribution is -2.56. The molecule has 2 rings (SSSR count). The van der Waals surface area contributed by atoms with Crippen LogP contribution < -0.4 is 5.32 Å². The normalized spacial score (nSPS) is 22.7. The number of rotatable bonds is 3. The van der Waals surface area contributed by atoms with Gasteiger partial charge in [-0.1, -0.05) is 12.1 Å². The van der Waals surface area contributed by atoms with Gasteiger partial charge in [-0.25, -0.2) is 0 Å². The number of nitro groups is 1. The lowest BCUT2D eigenvalue weighted by atomic mass is 9.99. The lowest BCUT2D eigenvalue weighted by Gasteiger charge is -2.37. The Labute approximate surface area is 106 Å². The number of morpholine rings is 1. The monoisotopic (exact) mass is 250 g/mol. The van der Waals surface area contributed by atoms with E-state index in [2.05, 4.69) is 19.2 Å². The molecule has 1 saturated heterocycles. The van der Waals surface area contributed by atoms with Gasteiger partial charge < -0.3 is 10.1 Å². The number of benzene rings is 1. The molecular weight excluding hydrogens is 232 g/mol. The molecule has 0 amide bonds. The van der Waals surface area contributed by atoms with Crippen LogP contribution >= 0.6 is 0 Å². The summed E-state index contributed by atoms with van der Waals surface area (Å²) in [5.74, 6) is 0. The van der Waals surface area contributed by atoms with Gasteiger partial charge in [0.05, 0.1) is 18.1 Å². The zero-order valence-electron chi connectivity index (χ0n) is 10.7. The summed E-state index contributed by atoms with van der Waals surface area (Å²) in [5, 5.41) is 14.1. The van der Waals surface area contributed by atoms with Crippen LogP contribution in [0, 0.1) is 10.1 Å². The first-order valence-electron chi connectivity index (χ1n) is 6.05. The van der Waals surface area contributed by atoms with Crippen molar-refractivity contribution >= 4 is 5.69 Å². The van der Waals surface area contributed by atoms with E-state index in [1.807, 2.05) is 0 Å². The molecule has 1 N–H and O–H groups in total.